The van der Waals surface area contributed by atoms with Crippen molar-refractivity contribution in [2.24, 2.45) is 0 Å². The molecule has 0 saturated heterocycles. The summed E-state index contributed by atoms with van der Waals surface area (Å²) in [5.41, 5.74) is 3.80. The molecule has 0 saturated carbocycles. The van der Waals surface area contributed by atoms with E-state index in [1.165, 1.54) is 0 Å². The maximum atomic E-state index is 12.4. The third-order valence-electron chi connectivity index (χ3n) is 3.97. The molecule has 0 atom stereocenters. The van der Waals surface area contributed by atoms with Crippen molar-refractivity contribution in [1.29, 1.82) is 0 Å². The molecule has 0 unspecified atom stereocenters. The van der Waals surface area contributed by atoms with Crippen LogP contribution in [0.1, 0.15) is 37.5 Å². The maximum Gasteiger partial charge on any atom is 0.256 e. The van der Waals surface area contributed by atoms with Gasteiger partial charge in [-0.15, -0.1) is 0 Å². The van der Waals surface area contributed by atoms with Gasteiger partial charge in [-0.3, -0.25) is 4.79 Å². The zero-order chi connectivity index (χ0) is 17.6. The van der Waals surface area contributed by atoms with Gasteiger partial charge in [-0.1, -0.05) is 42.8 Å². The first-order valence-corrected chi connectivity index (χ1v) is 9.11. The molecule has 3 rings (SSSR count). The minimum atomic E-state index is -0.180. The van der Waals surface area contributed by atoms with Crippen molar-refractivity contribution in [3.8, 4) is 5.75 Å². The summed E-state index contributed by atoms with van der Waals surface area (Å²) in [4.78, 5) is 12.4. The number of phenolic OH excluding ortho intramolecular Hbond substituents is 1. The van der Waals surface area contributed by atoms with Crippen LogP contribution in [0.25, 0.3) is 11.6 Å². The topological polar surface area (TPSA) is 49.3 Å². The molecule has 0 spiro atoms. The predicted octanol–water partition coefficient (Wildman–Crippen LogP) is 5.71. The highest BCUT2D eigenvalue weighted by molar-refractivity contribution is 9.11. The molecule has 1 aliphatic heterocycles. The third-order valence-corrected chi connectivity index (χ3v) is 5.05. The highest BCUT2D eigenvalue weighted by Crippen LogP contribution is 2.41. The van der Waals surface area contributed by atoms with Gasteiger partial charge in [0.1, 0.15) is 5.75 Å². The Labute approximate surface area is 158 Å². The molecule has 1 aliphatic rings. The predicted molar refractivity (Wildman–Crippen MR) is 105 cm³/mol. The molecular weight excluding hydrogens is 434 g/mol. The van der Waals surface area contributed by atoms with Crippen LogP contribution in [0.2, 0.25) is 0 Å². The Balaban J connectivity index is 2.13. The first kappa shape index (κ1) is 17.2. The Morgan fingerprint density at radius 2 is 1.83 bits per heavy atom. The van der Waals surface area contributed by atoms with Crippen LogP contribution >= 0.6 is 31.9 Å². The van der Waals surface area contributed by atoms with Gasteiger partial charge in [0.15, 0.2) is 0 Å². The monoisotopic (exact) mass is 449 g/mol. The van der Waals surface area contributed by atoms with Crippen LogP contribution in [0, 0.1) is 0 Å². The van der Waals surface area contributed by atoms with Gasteiger partial charge >= 0.3 is 0 Å². The van der Waals surface area contributed by atoms with Gasteiger partial charge in [0, 0.05) is 20.1 Å². The van der Waals surface area contributed by atoms with E-state index >= 15 is 0 Å². The zero-order valence-corrected chi connectivity index (χ0v) is 16.7. The summed E-state index contributed by atoms with van der Waals surface area (Å²) in [7, 11) is 0. The van der Waals surface area contributed by atoms with Gasteiger partial charge in [0.2, 0.25) is 0 Å². The summed E-state index contributed by atoms with van der Waals surface area (Å²) in [6, 6.07) is 9.25. The van der Waals surface area contributed by atoms with Crippen molar-refractivity contribution in [3.63, 3.8) is 0 Å². The summed E-state index contributed by atoms with van der Waals surface area (Å²) in [5.74, 6) is 0.139. The number of hydrogen-bond acceptors (Lipinski definition) is 2. The Bertz CT molecular complexity index is 880. The molecular formula is C19H17Br2NO2. The lowest BCUT2D eigenvalue weighted by atomic mass is 9.85. The van der Waals surface area contributed by atoms with E-state index in [2.05, 4.69) is 37.2 Å². The summed E-state index contributed by atoms with van der Waals surface area (Å²) >= 11 is 6.95. The van der Waals surface area contributed by atoms with Crippen molar-refractivity contribution in [2.45, 2.75) is 26.2 Å². The summed E-state index contributed by atoms with van der Waals surface area (Å²) < 4.78 is 1.74. The number of rotatable bonds is 1. The number of halogens is 2. The first-order valence-electron chi connectivity index (χ1n) is 7.53. The van der Waals surface area contributed by atoms with Crippen LogP contribution in [0.5, 0.6) is 5.75 Å². The maximum absolute atomic E-state index is 12.4. The summed E-state index contributed by atoms with van der Waals surface area (Å²) in [5, 5.41) is 13.0. The minimum Gasteiger partial charge on any atom is -0.508 e. The van der Waals surface area contributed by atoms with Gasteiger partial charge in [-0.05, 0) is 62.8 Å². The number of benzene rings is 2. The van der Waals surface area contributed by atoms with Crippen LogP contribution in [0.4, 0.5) is 5.69 Å². The molecule has 1 heterocycles. The van der Waals surface area contributed by atoms with Gasteiger partial charge in [0.25, 0.3) is 5.91 Å². The Hall–Kier alpha value is -1.59. The lowest BCUT2D eigenvalue weighted by molar-refractivity contribution is -0.110. The highest BCUT2D eigenvalue weighted by Gasteiger charge is 2.27. The second kappa shape index (κ2) is 6.05. The van der Waals surface area contributed by atoms with Gasteiger partial charge in [0.05, 0.1) is 5.69 Å². The number of hydrogen-bond donors (Lipinski definition) is 2. The number of aromatic hydroxyl groups is 1. The number of fused-ring (bicyclic) bond motifs is 1. The fraction of sp³-hybridized carbons (Fsp3) is 0.211. The van der Waals surface area contributed by atoms with E-state index in [9.17, 15) is 9.90 Å². The molecule has 0 radical (unpaired) electrons. The van der Waals surface area contributed by atoms with Crippen LogP contribution < -0.4 is 5.32 Å². The standard InChI is InChI=1S/C19H17Br2NO2/c1-19(2,3)14-7-10(4-5-16(14)23)6-13-12-8-11(20)9-15(21)17(12)22-18(13)24/h4-9,23H,1-3H3,(H,22,24). The third kappa shape index (κ3) is 3.15. The minimum absolute atomic E-state index is 0.130. The Morgan fingerprint density at radius 1 is 1.12 bits per heavy atom. The number of anilines is 1. The van der Waals surface area contributed by atoms with Crippen molar-refractivity contribution >= 4 is 55.1 Å². The Kier molecular flexibility index (Phi) is 4.34. The van der Waals surface area contributed by atoms with E-state index in [-0.39, 0.29) is 17.1 Å². The average molecular weight is 451 g/mol. The van der Waals surface area contributed by atoms with E-state index < -0.39 is 0 Å². The summed E-state index contributed by atoms with van der Waals surface area (Å²) in [6.45, 7) is 6.14. The lowest BCUT2D eigenvalue weighted by Gasteiger charge is -2.20. The van der Waals surface area contributed by atoms with E-state index in [1.54, 1.807) is 6.07 Å². The number of amides is 1. The zero-order valence-electron chi connectivity index (χ0n) is 13.6. The fourth-order valence-electron chi connectivity index (χ4n) is 2.77. The lowest BCUT2D eigenvalue weighted by Crippen LogP contribution is -2.11. The molecule has 124 valence electrons. The van der Waals surface area contributed by atoms with Crippen LogP contribution in [0.15, 0.2) is 39.3 Å². The fourth-order valence-corrected chi connectivity index (χ4v) is 4.09. The van der Waals surface area contributed by atoms with Crippen molar-refractivity contribution < 1.29 is 9.90 Å². The average Bonchev–Trinajstić information content (AvgIpc) is 2.77. The smallest absolute Gasteiger partial charge is 0.256 e. The van der Waals surface area contributed by atoms with E-state index in [0.717, 1.165) is 31.3 Å². The largest absolute Gasteiger partial charge is 0.508 e. The molecule has 0 aliphatic carbocycles. The van der Waals surface area contributed by atoms with Gasteiger partial charge in [-0.25, -0.2) is 0 Å². The molecule has 2 N–H and O–H groups in total. The van der Waals surface area contributed by atoms with Gasteiger partial charge in [-0.2, -0.15) is 0 Å². The highest BCUT2D eigenvalue weighted by atomic mass is 79.9. The number of phenols is 1. The van der Waals surface area contributed by atoms with Crippen LogP contribution in [-0.4, -0.2) is 11.0 Å². The molecule has 0 aromatic heterocycles. The second-order valence-electron chi connectivity index (χ2n) is 6.85. The molecule has 2 aromatic carbocycles. The molecule has 3 nitrogen and oxygen atoms in total. The van der Waals surface area contributed by atoms with E-state index in [0.29, 0.717) is 5.57 Å². The SMILES string of the molecule is CC(C)(C)c1cc(C=C2C(=O)Nc3c(Br)cc(Br)cc32)ccc1O. The first-order chi connectivity index (χ1) is 11.2. The number of nitrogens with one attached hydrogen (secondary N) is 1. The normalized spacial score (nSPS) is 15.5. The summed E-state index contributed by atoms with van der Waals surface area (Å²) in [6.07, 6.45) is 1.86. The molecule has 5 heteroatoms. The molecule has 0 bridgehead atoms. The van der Waals surface area contributed by atoms with Gasteiger partial charge < -0.3 is 10.4 Å². The second-order valence-corrected chi connectivity index (χ2v) is 8.62. The molecule has 24 heavy (non-hydrogen) atoms. The number of carbonyl (C=O) groups excluding carboxylic acids is 1. The van der Waals surface area contributed by atoms with Crippen LogP contribution in [-0.2, 0) is 10.2 Å². The molecule has 2 aromatic rings. The van der Waals surface area contributed by atoms with E-state index in [4.69, 9.17) is 0 Å². The Morgan fingerprint density at radius 3 is 2.50 bits per heavy atom. The quantitative estimate of drug-likeness (QED) is 0.547. The van der Waals surface area contributed by atoms with Crippen molar-refractivity contribution in [2.75, 3.05) is 5.32 Å². The molecule has 1 amide bonds. The molecule has 0 fully saturated rings. The van der Waals surface area contributed by atoms with Crippen molar-refractivity contribution in [3.05, 3.63) is 56.0 Å². The van der Waals surface area contributed by atoms with Crippen molar-refractivity contribution in [1.82, 2.24) is 0 Å². The van der Waals surface area contributed by atoms with Crippen LogP contribution in [0.3, 0.4) is 0 Å². The van der Waals surface area contributed by atoms with E-state index in [1.807, 2.05) is 51.1 Å². The number of carbonyl (C=O) groups is 1.